The third-order valence-electron chi connectivity index (χ3n) is 1.28. The van der Waals surface area contributed by atoms with Crippen molar-refractivity contribution in [2.24, 2.45) is 4.99 Å². The second kappa shape index (κ2) is 2.87. The van der Waals surface area contributed by atoms with Crippen LogP contribution < -0.4 is 0 Å². The van der Waals surface area contributed by atoms with Crippen molar-refractivity contribution in [3.8, 4) is 0 Å². The van der Waals surface area contributed by atoms with Gasteiger partial charge in [0.05, 0.1) is 0 Å². The van der Waals surface area contributed by atoms with E-state index in [0.717, 1.165) is 5.69 Å². The fraction of sp³-hybridized carbons (Fsp3) is 0.167. The molecule has 2 rings (SSSR count). The second-order valence-electron chi connectivity index (χ2n) is 2.01. The third-order valence-corrected chi connectivity index (χ3v) is 2.22. The van der Waals surface area contributed by atoms with Gasteiger partial charge in [-0.15, -0.1) is 16.9 Å². The zero-order valence-corrected chi connectivity index (χ0v) is 6.45. The highest BCUT2D eigenvalue weighted by Gasteiger charge is 2.11. The van der Waals surface area contributed by atoms with Gasteiger partial charge in [-0.2, -0.15) is 0 Å². The molecular weight excluding hydrogens is 160 g/mol. The van der Waals surface area contributed by atoms with E-state index < -0.39 is 0 Å². The molecule has 1 unspecified atom stereocenters. The maximum atomic E-state index is 4.20. The monoisotopic (exact) mass is 166 g/mol. The average Bonchev–Trinajstić information content (AvgIpc) is 2.58. The van der Waals surface area contributed by atoms with Crippen molar-refractivity contribution in [1.82, 2.24) is 15.4 Å². The zero-order chi connectivity index (χ0) is 7.52. The number of nitrogens with zero attached hydrogens (tertiary/aromatic N) is 3. The van der Waals surface area contributed by atoms with Crippen LogP contribution in [0.2, 0.25) is 0 Å². The van der Waals surface area contributed by atoms with Crippen LogP contribution in [0, 0.1) is 0 Å². The Kier molecular flexibility index (Phi) is 1.72. The highest BCUT2D eigenvalue weighted by atomic mass is 32.2. The predicted molar refractivity (Wildman–Crippen MR) is 44.3 cm³/mol. The van der Waals surface area contributed by atoms with Gasteiger partial charge in [-0.25, -0.2) is 0 Å². The molecule has 5 heteroatoms. The standard InChI is InChI=1S/C6H6N4S/c1-2-7-6(11-3-1)5-4-8-10-9-5/h1-4,6H,(H,8,9,10). The first-order chi connectivity index (χ1) is 5.47. The Labute approximate surface area is 67.8 Å². The number of rotatable bonds is 1. The van der Waals surface area contributed by atoms with E-state index in [-0.39, 0.29) is 5.37 Å². The fourth-order valence-corrected chi connectivity index (χ4v) is 1.50. The Morgan fingerprint density at radius 1 is 1.55 bits per heavy atom. The summed E-state index contributed by atoms with van der Waals surface area (Å²) in [4.78, 5) is 4.20. The molecule has 1 aliphatic rings. The van der Waals surface area contributed by atoms with Crippen LogP contribution in [0.25, 0.3) is 0 Å². The summed E-state index contributed by atoms with van der Waals surface area (Å²) in [5, 5.41) is 12.2. The molecular formula is C6H6N4S. The van der Waals surface area contributed by atoms with E-state index in [2.05, 4.69) is 20.4 Å². The van der Waals surface area contributed by atoms with Crippen molar-refractivity contribution in [2.75, 3.05) is 0 Å². The molecule has 1 aromatic rings. The molecule has 0 saturated carbocycles. The molecule has 0 amide bonds. The Morgan fingerprint density at radius 3 is 3.18 bits per heavy atom. The van der Waals surface area contributed by atoms with Crippen molar-refractivity contribution in [3.05, 3.63) is 23.4 Å². The maximum absolute atomic E-state index is 4.20. The summed E-state index contributed by atoms with van der Waals surface area (Å²) in [5.41, 5.74) is 0.871. The summed E-state index contributed by atoms with van der Waals surface area (Å²) in [7, 11) is 0. The first-order valence-corrected chi connectivity index (χ1v) is 4.11. The van der Waals surface area contributed by atoms with Crippen molar-refractivity contribution < 1.29 is 0 Å². The number of hydrogen-bond donors (Lipinski definition) is 1. The van der Waals surface area contributed by atoms with Gasteiger partial charge in [-0.05, 0) is 11.5 Å². The highest BCUT2D eigenvalue weighted by Crippen LogP contribution is 2.30. The molecule has 11 heavy (non-hydrogen) atoms. The van der Waals surface area contributed by atoms with E-state index >= 15 is 0 Å². The van der Waals surface area contributed by atoms with E-state index in [9.17, 15) is 0 Å². The molecule has 0 saturated heterocycles. The molecule has 1 aromatic heterocycles. The molecule has 0 radical (unpaired) electrons. The van der Waals surface area contributed by atoms with Gasteiger partial charge in [-0.1, -0.05) is 5.21 Å². The summed E-state index contributed by atoms with van der Waals surface area (Å²) >= 11 is 1.62. The quantitative estimate of drug-likeness (QED) is 0.680. The zero-order valence-electron chi connectivity index (χ0n) is 5.64. The average molecular weight is 166 g/mol. The van der Waals surface area contributed by atoms with Crippen molar-refractivity contribution >= 4 is 18.0 Å². The Balaban J connectivity index is 2.19. The van der Waals surface area contributed by atoms with Crippen molar-refractivity contribution in [1.29, 1.82) is 0 Å². The normalized spacial score (nSPS) is 22.4. The lowest BCUT2D eigenvalue weighted by Crippen LogP contribution is -1.92. The number of thioether (sulfide) groups is 1. The van der Waals surface area contributed by atoms with Crippen LogP contribution in [0.4, 0.5) is 0 Å². The maximum Gasteiger partial charge on any atom is 0.144 e. The third kappa shape index (κ3) is 1.32. The Hall–Kier alpha value is -1.10. The molecule has 4 nitrogen and oxygen atoms in total. The van der Waals surface area contributed by atoms with Crippen molar-refractivity contribution in [2.45, 2.75) is 5.37 Å². The largest absolute Gasteiger partial charge is 0.272 e. The molecule has 2 heterocycles. The van der Waals surface area contributed by atoms with Crippen LogP contribution in [-0.2, 0) is 0 Å². The van der Waals surface area contributed by atoms with Gasteiger partial charge in [0.1, 0.15) is 11.1 Å². The lowest BCUT2D eigenvalue weighted by atomic mass is 10.5. The summed E-state index contributed by atoms with van der Waals surface area (Å²) in [6.07, 6.45) is 5.44. The van der Waals surface area contributed by atoms with E-state index in [1.807, 2.05) is 11.5 Å². The molecule has 56 valence electrons. The molecule has 0 bridgehead atoms. The molecule has 0 spiro atoms. The van der Waals surface area contributed by atoms with E-state index in [1.165, 1.54) is 0 Å². The lowest BCUT2D eigenvalue weighted by Gasteiger charge is -2.06. The number of aromatic amines is 1. The van der Waals surface area contributed by atoms with Crippen LogP contribution >= 0.6 is 11.8 Å². The van der Waals surface area contributed by atoms with Crippen LogP contribution in [0.15, 0.2) is 22.7 Å². The van der Waals surface area contributed by atoms with E-state index in [4.69, 9.17) is 0 Å². The summed E-state index contributed by atoms with van der Waals surface area (Å²) in [6.45, 7) is 0. The predicted octanol–water partition coefficient (Wildman–Crippen LogP) is 1.13. The molecule has 0 aromatic carbocycles. The smallest absolute Gasteiger partial charge is 0.144 e. The van der Waals surface area contributed by atoms with Gasteiger partial charge in [0.2, 0.25) is 0 Å². The first-order valence-electron chi connectivity index (χ1n) is 3.17. The molecule has 1 atom stereocenters. The Morgan fingerprint density at radius 2 is 2.55 bits per heavy atom. The molecule has 0 aliphatic carbocycles. The lowest BCUT2D eigenvalue weighted by molar-refractivity contribution is 0.892. The Bertz CT molecular complexity index is 277. The van der Waals surface area contributed by atoms with Gasteiger partial charge in [0.25, 0.3) is 0 Å². The van der Waals surface area contributed by atoms with Crippen LogP contribution in [0.3, 0.4) is 0 Å². The van der Waals surface area contributed by atoms with Gasteiger partial charge >= 0.3 is 0 Å². The van der Waals surface area contributed by atoms with E-state index in [0.29, 0.717) is 0 Å². The van der Waals surface area contributed by atoms with Gasteiger partial charge in [-0.3, -0.25) is 10.1 Å². The van der Waals surface area contributed by atoms with Crippen LogP contribution in [0.1, 0.15) is 11.1 Å². The SMILES string of the molecule is C1=CSC(c2c[nH]nn2)N=C1. The molecule has 1 aliphatic heterocycles. The van der Waals surface area contributed by atoms with Gasteiger partial charge in [0.15, 0.2) is 0 Å². The minimum atomic E-state index is 0.0822. The number of nitrogens with one attached hydrogen (secondary N) is 1. The number of aromatic nitrogens is 3. The van der Waals surface area contributed by atoms with E-state index in [1.54, 1.807) is 24.2 Å². The number of allylic oxidation sites excluding steroid dienone is 1. The fourth-order valence-electron chi connectivity index (χ4n) is 0.795. The van der Waals surface area contributed by atoms with Crippen LogP contribution in [-0.4, -0.2) is 21.6 Å². The molecule has 0 fully saturated rings. The minimum Gasteiger partial charge on any atom is -0.272 e. The molecule has 1 N–H and O–H groups in total. The number of H-pyrrole nitrogens is 1. The topological polar surface area (TPSA) is 53.9 Å². The highest BCUT2D eigenvalue weighted by molar-refractivity contribution is 8.02. The van der Waals surface area contributed by atoms with Gasteiger partial charge in [0, 0.05) is 12.4 Å². The number of aliphatic imine (C=N–C) groups is 1. The van der Waals surface area contributed by atoms with Gasteiger partial charge < -0.3 is 0 Å². The van der Waals surface area contributed by atoms with Crippen LogP contribution in [0.5, 0.6) is 0 Å². The summed E-state index contributed by atoms with van der Waals surface area (Å²) < 4.78 is 0. The minimum absolute atomic E-state index is 0.0822. The summed E-state index contributed by atoms with van der Waals surface area (Å²) in [6, 6.07) is 0. The van der Waals surface area contributed by atoms with Crippen molar-refractivity contribution in [3.63, 3.8) is 0 Å². The summed E-state index contributed by atoms with van der Waals surface area (Å²) in [5.74, 6) is 0. The second-order valence-corrected chi connectivity index (χ2v) is 3.00. The first kappa shape index (κ1) is 6.60. The number of hydrogen-bond acceptors (Lipinski definition) is 4.